The molecule has 6 nitrogen and oxygen atoms in total. The largest absolute Gasteiger partial charge is 0.497 e. The van der Waals surface area contributed by atoms with E-state index in [9.17, 15) is 4.79 Å². The third-order valence-corrected chi connectivity index (χ3v) is 1.90. The Labute approximate surface area is 101 Å². The van der Waals surface area contributed by atoms with Gasteiger partial charge in [0.15, 0.2) is 0 Å². The van der Waals surface area contributed by atoms with E-state index in [0.29, 0.717) is 5.46 Å². The van der Waals surface area contributed by atoms with Gasteiger partial charge in [0.2, 0.25) is 0 Å². The average Bonchev–Trinajstić information content (AvgIpc) is 2.60. The van der Waals surface area contributed by atoms with E-state index in [0.717, 1.165) is 0 Å². The van der Waals surface area contributed by atoms with E-state index < -0.39 is 13.1 Å². The van der Waals surface area contributed by atoms with Crippen LogP contribution in [0.25, 0.3) is 0 Å². The standard InChI is InChI=1S/C10H17BN2O4/c1-10(2,3)17-11(16-4)8-5-12-13(6-8)7-9(14)15/h5-6H,7H2,1-4H3,(H,14,15). The van der Waals surface area contributed by atoms with Crippen LogP contribution in [0.4, 0.5) is 0 Å². The van der Waals surface area contributed by atoms with Crippen molar-refractivity contribution in [2.45, 2.75) is 32.9 Å². The average molecular weight is 240 g/mol. The number of hydrogen-bond donors (Lipinski definition) is 1. The van der Waals surface area contributed by atoms with Crippen molar-refractivity contribution in [1.29, 1.82) is 0 Å². The highest BCUT2D eigenvalue weighted by Gasteiger charge is 2.27. The third kappa shape index (κ3) is 4.58. The molecule has 0 aliphatic heterocycles. The molecule has 0 amide bonds. The Balaban J connectivity index is 2.75. The first-order chi connectivity index (χ1) is 7.81. The summed E-state index contributed by atoms with van der Waals surface area (Å²) in [4.78, 5) is 10.5. The normalized spacial score (nSPS) is 11.5. The minimum atomic E-state index is -0.939. The van der Waals surface area contributed by atoms with Crippen LogP contribution in [0.1, 0.15) is 20.8 Å². The zero-order valence-corrected chi connectivity index (χ0v) is 10.5. The van der Waals surface area contributed by atoms with Gasteiger partial charge in [-0.3, -0.25) is 9.48 Å². The fraction of sp³-hybridized carbons (Fsp3) is 0.600. The maximum Gasteiger partial charge on any atom is 0.497 e. The van der Waals surface area contributed by atoms with Crippen LogP contribution in [0.5, 0.6) is 0 Å². The molecule has 0 radical (unpaired) electrons. The van der Waals surface area contributed by atoms with Gasteiger partial charge >= 0.3 is 13.1 Å². The van der Waals surface area contributed by atoms with Gasteiger partial charge in [-0.15, -0.1) is 0 Å². The molecule has 0 fully saturated rings. The molecule has 1 N–H and O–H groups in total. The first-order valence-electron chi connectivity index (χ1n) is 5.26. The molecule has 0 saturated heterocycles. The van der Waals surface area contributed by atoms with Crippen molar-refractivity contribution in [3.8, 4) is 0 Å². The van der Waals surface area contributed by atoms with Crippen molar-refractivity contribution in [2.75, 3.05) is 7.11 Å². The van der Waals surface area contributed by atoms with Crippen LogP contribution >= 0.6 is 0 Å². The fourth-order valence-electron chi connectivity index (χ4n) is 1.30. The van der Waals surface area contributed by atoms with Gasteiger partial charge in [-0.05, 0) is 20.8 Å². The molecule has 17 heavy (non-hydrogen) atoms. The molecule has 1 aromatic heterocycles. The van der Waals surface area contributed by atoms with E-state index in [4.69, 9.17) is 14.4 Å². The minimum absolute atomic E-state index is 0.175. The van der Waals surface area contributed by atoms with E-state index in [2.05, 4.69) is 5.10 Å². The number of aliphatic carboxylic acids is 1. The maximum atomic E-state index is 10.5. The second-order valence-corrected chi connectivity index (χ2v) is 4.66. The van der Waals surface area contributed by atoms with Crippen LogP contribution in [0, 0.1) is 0 Å². The van der Waals surface area contributed by atoms with Crippen LogP contribution in [0.3, 0.4) is 0 Å². The van der Waals surface area contributed by atoms with E-state index >= 15 is 0 Å². The summed E-state index contributed by atoms with van der Waals surface area (Å²) in [7, 11) is 0.989. The molecule has 1 heterocycles. The van der Waals surface area contributed by atoms with Gasteiger partial charge in [0.05, 0.1) is 0 Å². The predicted octanol–water partition coefficient (Wildman–Crippen LogP) is 0.124. The molecule has 1 rings (SSSR count). The first-order valence-corrected chi connectivity index (χ1v) is 5.26. The van der Waals surface area contributed by atoms with E-state index in [1.54, 1.807) is 12.4 Å². The smallest absolute Gasteiger partial charge is 0.480 e. The number of carboxylic acids is 1. The quantitative estimate of drug-likeness (QED) is 0.740. The lowest BCUT2D eigenvalue weighted by molar-refractivity contribution is -0.137. The van der Waals surface area contributed by atoms with Gasteiger partial charge in [-0.2, -0.15) is 5.10 Å². The van der Waals surface area contributed by atoms with Crippen LogP contribution in [-0.4, -0.2) is 40.7 Å². The SMILES string of the molecule is COB(OC(C)(C)C)c1cnn(CC(=O)O)c1. The monoisotopic (exact) mass is 240 g/mol. The van der Waals surface area contributed by atoms with Crippen LogP contribution in [-0.2, 0) is 20.6 Å². The molecule has 0 atom stereocenters. The van der Waals surface area contributed by atoms with Gasteiger partial charge in [0.1, 0.15) is 6.54 Å². The lowest BCUT2D eigenvalue weighted by atomic mass is 9.80. The van der Waals surface area contributed by atoms with Gasteiger partial charge in [-0.25, -0.2) is 0 Å². The summed E-state index contributed by atoms with van der Waals surface area (Å²) in [5, 5.41) is 12.6. The number of aromatic nitrogens is 2. The lowest BCUT2D eigenvalue weighted by Crippen LogP contribution is -2.41. The Hall–Kier alpha value is -1.34. The molecule has 0 aliphatic carbocycles. The summed E-state index contributed by atoms with van der Waals surface area (Å²) in [5.41, 5.74) is 0.346. The Morgan fingerprint density at radius 3 is 2.71 bits per heavy atom. The fourth-order valence-corrected chi connectivity index (χ4v) is 1.30. The number of rotatable bonds is 5. The van der Waals surface area contributed by atoms with Crippen molar-refractivity contribution in [2.24, 2.45) is 0 Å². The molecule has 0 bridgehead atoms. The Morgan fingerprint density at radius 1 is 1.59 bits per heavy atom. The zero-order valence-electron chi connectivity index (χ0n) is 10.5. The number of carboxylic acid groups (broad SMARTS) is 1. The first kappa shape index (κ1) is 13.7. The maximum absolute atomic E-state index is 10.5. The number of carbonyl (C=O) groups is 1. The zero-order chi connectivity index (χ0) is 13.1. The van der Waals surface area contributed by atoms with Crippen molar-refractivity contribution in [1.82, 2.24) is 9.78 Å². The molecule has 1 aromatic rings. The lowest BCUT2D eigenvalue weighted by Gasteiger charge is -2.23. The summed E-state index contributed by atoms with van der Waals surface area (Å²) in [6, 6.07) is 0. The molecular formula is C10H17BN2O4. The molecular weight excluding hydrogens is 223 g/mol. The molecule has 0 saturated carbocycles. The van der Waals surface area contributed by atoms with Crippen molar-refractivity contribution >= 4 is 18.6 Å². The third-order valence-electron chi connectivity index (χ3n) is 1.90. The van der Waals surface area contributed by atoms with Crippen molar-refractivity contribution in [3.63, 3.8) is 0 Å². The van der Waals surface area contributed by atoms with Crippen LogP contribution in [0.2, 0.25) is 0 Å². The summed E-state index contributed by atoms with van der Waals surface area (Å²) >= 11 is 0. The second kappa shape index (κ2) is 5.33. The highest BCUT2D eigenvalue weighted by molar-refractivity contribution is 6.61. The summed E-state index contributed by atoms with van der Waals surface area (Å²) < 4.78 is 12.2. The molecule has 7 heteroatoms. The van der Waals surface area contributed by atoms with E-state index in [1.807, 2.05) is 20.8 Å². The molecule has 0 aromatic carbocycles. The molecule has 0 spiro atoms. The van der Waals surface area contributed by atoms with Crippen LogP contribution in [0.15, 0.2) is 12.4 Å². The summed E-state index contributed by atoms with van der Waals surface area (Å²) in [5.74, 6) is -0.939. The summed E-state index contributed by atoms with van der Waals surface area (Å²) in [6.45, 7) is 5.58. The predicted molar refractivity (Wildman–Crippen MR) is 63.1 cm³/mol. The van der Waals surface area contributed by atoms with Crippen molar-refractivity contribution in [3.05, 3.63) is 12.4 Å². The molecule has 0 aliphatic rings. The van der Waals surface area contributed by atoms with Gasteiger partial charge in [0, 0.05) is 30.6 Å². The Morgan fingerprint density at radius 2 is 2.24 bits per heavy atom. The van der Waals surface area contributed by atoms with Gasteiger partial charge in [0.25, 0.3) is 0 Å². The van der Waals surface area contributed by atoms with E-state index in [-0.39, 0.29) is 12.1 Å². The highest BCUT2D eigenvalue weighted by atomic mass is 16.6. The topological polar surface area (TPSA) is 73.6 Å². The van der Waals surface area contributed by atoms with Gasteiger partial charge < -0.3 is 14.4 Å². The summed E-state index contributed by atoms with van der Waals surface area (Å²) in [6.07, 6.45) is 3.15. The Kier molecular flexibility index (Phi) is 4.30. The highest BCUT2D eigenvalue weighted by Crippen LogP contribution is 2.09. The number of hydrogen-bond acceptors (Lipinski definition) is 4. The van der Waals surface area contributed by atoms with Crippen LogP contribution < -0.4 is 5.46 Å². The minimum Gasteiger partial charge on any atom is -0.480 e. The van der Waals surface area contributed by atoms with E-state index in [1.165, 1.54) is 11.8 Å². The number of nitrogens with zero attached hydrogens (tertiary/aromatic N) is 2. The Bertz CT molecular complexity index is 386. The second-order valence-electron chi connectivity index (χ2n) is 4.66. The van der Waals surface area contributed by atoms with Gasteiger partial charge in [-0.1, -0.05) is 0 Å². The molecule has 94 valence electrons. The molecule has 0 unspecified atom stereocenters. The van der Waals surface area contributed by atoms with Crippen molar-refractivity contribution < 1.29 is 19.2 Å².